The summed E-state index contributed by atoms with van der Waals surface area (Å²) in [5.74, 6) is -1.17. The molecule has 0 aromatic heterocycles. The van der Waals surface area contributed by atoms with E-state index in [9.17, 15) is 18.0 Å². The van der Waals surface area contributed by atoms with Crippen LogP contribution in [0.5, 0.6) is 0 Å². The van der Waals surface area contributed by atoms with Crippen molar-refractivity contribution in [2.45, 2.75) is 23.8 Å². The Balaban J connectivity index is 5.49. The standard InChI is InChI=1S/C8H8Cl3F3O2/c1-3-16-6(15)4(2)5(7(9,10)11)8(12,13)14/h3H2,1-2H3/b5-4-. The molecule has 0 aromatic rings. The van der Waals surface area contributed by atoms with Gasteiger partial charge in [-0.25, -0.2) is 4.79 Å². The fourth-order valence-corrected chi connectivity index (χ4v) is 1.67. The third kappa shape index (κ3) is 4.39. The first-order valence-electron chi connectivity index (χ1n) is 4.04. The largest absolute Gasteiger partial charge is 0.463 e. The molecule has 0 aromatic carbocycles. The summed E-state index contributed by atoms with van der Waals surface area (Å²) >= 11 is 15.5. The number of esters is 1. The number of carbonyl (C=O) groups excluding carboxylic acids is 1. The van der Waals surface area contributed by atoms with E-state index in [1.54, 1.807) is 0 Å². The highest BCUT2D eigenvalue weighted by Gasteiger charge is 2.48. The summed E-state index contributed by atoms with van der Waals surface area (Å²) in [5, 5.41) is 0. The fourth-order valence-electron chi connectivity index (χ4n) is 0.927. The Morgan fingerprint density at radius 2 is 1.69 bits per heavy atom. The van der Waals surface area contributed by atoms with Crippen LogP contribution in [0, 0.1) is 0 Å². The number of alkyl halides is 6. The summed E-state index contributed by atoms with van der Waals surface area (Å²) in [6, 6.07) is 0. The maximum absolute atomic E-state index is 12.5. The predicted molar refractivity (Wildman–Crippen MR) is 55.7 cm³/mol. The van der Waals surface area contributed by atoms with E-state index in [0.717, 1.165) is 6.92 Å². The zero-order valence-corrected chi connectivity index (χ0v) is 10.6. The summed E-state index contributed by atoms with van der Waals surface area (Å²) in [6.07, 6.45) is -4.91. The zero-order valence-electron chi connectivity index (χ0n) is 8.29. The quantitative estimate of drug-likeness (QED) is 0.440. The van der Waals surface area contributed by atoms with Crippen LogP contribution in [0.3, 0.4) is 0 Å². The minimum Gasteiger partial charge on any atom is -0.463 e. The smallest absolute Gasteiger partial charge is 0.417 e. The number of carbonyl (C=O) groups is 1. The second-order valence-electron chi connectivity index (χ2n) is 2.72. The average Bonchev–Trinajstić information content (AvgIpc) is 1.98. The summed E-state index contributed by atoms with van der Waals surface area (Å²) < 4.78 is 39.3. The zero-order chi connectivity index (χ0) is 13.1. The molecule has 0 spiro atoms. The maximum Gasteiger partial charge on any atom is 0.417 e. The third-order valence-electron chi connectivity index (χ3n) is 1.52. The van der Waals surface area contributed by atoms with Crippen molar-refractivity contribution in [2.24, 2.45) is 0 Å². The lowest BCUT2D eigenvalue weighted by Crippen LogP contribution is -2.27. The minimum atomic E-state index is -4.91. The topological polar surface area (TPSA) is 26.3 Å². The van der Waals surface area contributed by atoms with Gasteiger partial charge in [-0.15, -0.1) is 0 Å². The molecule has 0 saturated carbocycles. The van der Waals surface area contributed by atoms with Gasteiger partial charge in [0, 0.05) is 5.57 Å². The van der Waals surface area contributed by atoms with Crippen LogP contribution < -0.4 is 0 Å². The van der Waals surface area contributed by atoms with Crippen LogP contribution in [0.1, 0.15) is 13.8 Å². The van der Waals surface area contributed by atoms with Crippen LogP contribution in [0.25, 0.3) is 0 Å². The van der Waals surface area contributed by atoms with Gasteiger partial charge in [0.05, 0.1) is 12.2 Å². The van der Waals surface area contributed by atoms with Crippen molar-refractivity contribution in [3.63, 3.8) is 0 Å². The van der Waals surface area contributed by atoms with Crippen molar-refractivity contribution in [1.82, 2.24) is 0 Å². The van der Waals surface area contributed by atoms with E-state index in [1.807, 2.05) is 0 Å². The van der Waals surface area contributed by atoms with E-state index in [-0.39, 0.29) is 6.61 Å². The molecular weight excluding hydrogens is 291 g/mol. The molecule has 94 valence electrons. The minimum absolute atomic E-state index is 0.0683. The molecule has 0 heterocycles. The van der Waals surface area contributed by atoms with Crippen LogP contribution in [0.4, 0.5) is 13.2 Å². The molecule has 0 aliphatic carbocycles. The molecule has 16 heavy (non-hydrogen) atoms. The Kier molecular flexibility index (Phi) is 5.42. The molecule has 0 amide bonds. The molecule has 0 N–H and O–H groups in total. The van der Waals surface area contributed by atoms with Crippen molar-refractivity contribution in [3.8, 4) is 0 Å². The summed E-state index contributed by atoms with van der Waals surface area (Å²) in [4.78, 5) is 11.1. The van der Waals surface area contributed by atoms with Crippen LogP contribution in [0.15, 0.2) is 11.1 Å². The number of rotatable bonds is 2. The lowest BCUT2D eigenvalue weighted by atomic mass is 10.1. The van der Waals surface area contributed by atoms with E-state index < -0.39 is 27.1 Å². The van der Waals surface area contributed by atoms with E-state index in [0.29, 0.717) is 0 Å². The molecule has 2 nitrogen and oxygen atoms in total. The average molecular weight is 300 g/mol. The van der Waals surface area contributed by atoms with E-state index in [4.69, 9.17) is 34.8 Å². The van der Waals surface area contributed by atoms with Crippen molar-refractivity contribution < 1.29 is 22.7 Å². The van der Waals surface area contributed by atoms with Gasteiger partial charge in [-0.2, -0.15) is 13.2 Å². The Labute approximate surface area is 105 Å². The summed E-state index contributed by atoms with van der Waals surface area (Å²) in [7, 11) is 0. The Morgan fingerprint density at radius 1 is 1.25 bits per heavy atom. The van der Waals surface area contributed by atoms with Crippen molar-refractivity contribution in [2.75, 3.05) is 6.61 Å². The Morgan fingerprint density at radius 3 is 1.94 bits per heavy atom. The van der Waals surface area contributed by atoms with Crippen LogP contribution >= 0.6 is 34.8 Å². The fraction of sp³-hybridized carbons (Fsp3) is 0.625. The van der Waals surface area contributed by atoms with Gasteiger partial charge in [-0.1, -0.05) is 34.8 Å². The number of ether oxygens (including phenoxy) is 1. The number of halogens is 6. The number of hydrogen-bond donors (Lipinski definition) is 0. The number of hydrogen-bond acceptors (Lipinski definition) is 2. The van der Waals surface area contributed by atoms with Crippen LogP contribution in [-0.4, -0.2) is 22.5 Å². The normalized spacial score (nSPS) is 14.5. The van der Waals surface area contributed by atoms with Gasteiger partial charge in [0.2, 0.25) is 3.79 Å². The van der Waals surface area contributed by atoms with Gasteiger partial charge in [0.1, 0.15) is 0 Å². The second-order valence-corrected chi connectivity index (χ2v) is 5.00. The first kappa shape index (κ1) is 15.9. The highest BCUT2D eigenvalue weighted by Crippen LogP contribution is 2.45. The first-order valence-corrected chi connectivity index (χ1v) is 5.17. The monoisotopic (exact) mass is 298 g/mol. The molecule has 0 fully saturated rings. The molecule has 0 rings (SSSR count). The molecule has 8 heteroatoms. The van der Waals surface area contributed by atoms with Gasteiger partial charge < -0.3 is 4.74 Å². The molecule has 0 aliphatic heterocycles. The van der Waals surface area contributed by atoms with Crippen molar-refractivity contribution in [3.05, 3.63) is 11.1 Å². The Bertz CT molecular complexity index is 289. The van der Waals surface area contributed by atoms with E-state index in [1.165, 1.54) is 6.92 Å². The predicted octanol–water partition coefficient (Wildman–Crippen LogP) is 3.80. The second kappa shape index (κ2) is 5.47. The highest BCUT2D eigenvalue weighted by atomic mass is 35.6. The third-order valence-corrected chi connectivity index (χ3v) is 2.09. The highest BCUT2D eigenvalue weighted by molar-refractivity contribution is 6.69. The van der Waals surface area contributed by atoms with Gasteiger partial charge in [0.15, 0.2) is 0 Å². The van der Waals surface area contributed by atoms with Gasteiger partial charge in [-0.3, -0.25) is 0 Å². The summed E-state index contributed by atoms with van der Waals surface area (Å²) in [6.45, 7) is 2.28. The number of allylic oxidation sites excluding steroid dienone is 1. The Hall–Kier alpha value is -0.130. The lowest BCUT2D eigenvalue weighted by Gasteiger charge is -2.21. The first-order chi connectivity index (χ1) is 7.01. The lowest BCUT2D eigenvalue weighted by molar-refractivity contribution is -0.139. The molecule has 0 saturated heterocycles. The van der Waals surface area contributed by atoms with Gasteiger partial charge in [-0.05, 0) is 13.8 Å². The van der Waals surface area contributed by atoms with E-state index in [2.05, 4.69) is 4.74 Å². The van der Waals surface area contributed by atoms with Crippen LogP contribution in [-0.2, 0) is 9.53 Å². The molecule has 0 atom stereocenters. The molecule has 0 aliphatic rings. The molecule has 0 bridgehead atoms. The molecule has 0 radical (unpaired) electrons. The maximum atomic E-state index is 12.5. The van der Waals surface area contributed by atoms with Gasteiger partial charge >= 0.3 is 12.1 Å². The van der Waals surface area contributed by atoms with Gasteiger partial charge in [0.25, 0.3) is 0 Å². The van der Waals surface area contributed by atoms with Crippen molar-refractivity contribution >= 4 is 40.8 Å². The SMILES string of the molecule is CCOC(=O)/C(C)=C(\C(F)(F)F)C(Cl)(Cl)Cl. The summed E-state index contributed by atoms with van der Waals surface area (Å²) in [5.41, 5.74) is -2.31. The van der Waals surface area contributed by atoms with Crippen LogP contribution in [0.2, 0.25) is 0 Å². The van der Waals surface area contributed by atoms with E-state index >= 15 is 0 Å². The van der Waals surface area contributed by atoms with Crippen molar-refractivity contribution in [1.29, 1.82) is 0 Å². The molecular formula is C8H8Cl3F3O2. The molecule has 0 unspecified atom stereocenters.